The Morgan fingerprint density at radius 3 is 2.63 bits per heavy atom. The van der Waals surface area contributed by atoms with E-state index in [1.807, 2.05) is 12.1 Å². The lowest BCUT2D eigenvalue weighted by atomic mass is 9.88. The summed E-state index contributed by atoms with van der Waals surface area (Å²) in [5.74, 6) is -0.494. The Bertz CT molecular complexity index is 1100. The van der Waals surface area contributed by atoms with Crippen LogP contribution in [0.4, 0.5) is 15.8 Å². The molecule has 0 atom stereocenters. The topological polar surface area (TPSA) is 44.7 Å². The molecule has 0 aromatic heterocycles. The number of hydrogen-bond acceptors (Lipinski definition) is 4. The predicted octanol–water partition coefficient (Wildman–Crippen LogP) is 5.74. The number of rotatable bonds is 3. The van der Waals surface area contributed by atoms with Crippen molar-refractivity contribution in [2.45, 2.75) is 33.2 Å². The highest BCUT2D eigenvalue weighted by Gasteiger charge is 2.30. The third-order valence-electron chi connectivity index (χ3n) is 5.32. The summed E-state index contributed by atoms with van der Waals surface area (Å²) in [6, 6.07) is 12.2. The zero-order chi connectivity index (χ0) is 21.5. The van der Waals surface area contributed by atoms with Gasteiger partial charge >= 0.3 is 0 Å². The summed E-state index contributed by atoms with van der Waals surface area (Å²) in [5.41, 5.74) is 5.18. The van der Waals surface area contributed by atoms with Gasteiger partial charge in [-0.1, -0.05) is 12.1 Å². The highest BCUT2D eigenvalue weighted by molar-refractivity contribution is 8.18. The fraction of sp³-hybridized carbons (Fsp3) is 0.250. The number of likely N-dealkylation sites (N-methyl/N-ethyl adjacent to an activating group) is 1. The van der Waals surface area contributed by atoms with Gasteiger partial charge < -0.3 is 10.2 Å². The number of anilines is 1. The van der Waals surface area contributed by atoms with E-state index in [0.29, 0.717) is 15.8 Å². The molecular weight excluding hydrogens is 397 g/mol. The first kappa shape index (κ1) is 20.4. The normalized spacial score (nSPS) is 20.4. The minimum Gasteiger partial charge on any atom is -0.363 e. The van der Waals surface area contributed by atoms with Gasteiger partial charge in [-0.15, -0.1) is 0 Å². The molecule has 154 valence electrons. The van der Waals surface area contributed by atoms with Crippen molar-refractivity contribution in [2.24, 2.45) is 4.99 Å². The van der Waals surface area contributed by atoms with E-state index in [-0.39, 0.29) is 17.3 Å². The lowest BCUT2D eigenvalue weighted by Gasteiger charge is -2.42. The second-order valence-electron chi connectivity index (χ2n) is 7.96. The van der Waals surface area contributed by atoms with Crippen LogP contribution in [0, 0.1) is 5.82 Å². The number of amides is 1. The molecule has 0 saturated carbocycles. The number of carbonyl (C=O) groups excluding carboxylic acids is 1. The summed E-state index contributed by atoms with van der Waals surface area (Å²) in [5, 5.41) is 3.27. The van der Waals surface area contributed by atoms with E-state index < -0.39 is 0 Å². The molecule has 0 unspecified atom stereocenters. The molecule has 0 bridgehead atoms. The molecule has 2 aromatic rings. The molecule has 0 spiro atoms. The Hall–Kier alpha value is -2.86. The van der Waals surface area contributed by atoms with Crippen LogP contribution in [0.1, 0.15) is 38.8 Å². The number of hydrogen-bond donors (Lipinski definition) is 1. The largest absolute Gasteiger partial charge is 0.363 e. The van der Waals surface area contributed by atoms with Gasteiger partial charge in [0.1, 0.15) is 5.82 Å². The molecule has 4 rings (SSSR count). The zero-order valence-corrected chi connectivity index (χ0v) is 18.3. The van der Waals surface area contributed by atoms with Crippen molar-refractivity contribution in [1.82, 2.24) is 5.32 Å². The van der Waals surface area contributed by atoms with Crippen molar-refractivity contribution in [3.63, 3.8) is 0 Å². The molecule has 2 aliphatic rings. The first-order valence-corrected chi connectivity index (χ1v) is 10.7. The molecule has 2 heterocycles. The summed E-state index contributed by atoms with van der Waals surface area (Å²) in [6.07, 6.45) is 4.18. The van der Waals surface area contributed by atoms with E-state index in [1.165, 1.54) is 40.7 Å². The number of aliphatic imine (C=N–C) groups is 1. The minimum atomic E-state index is -0.315. The third-order valence-corrected chi connectivity index (χ3v) is 6.23. The Balaban J connectivity index is 1.62. The molecule has 1 fully saturated rings. The van der Waals surface area contributed by atoms with Crippen molar-refractivity contribution < 1.29 is 9.18 Å². The van der Waals surface area contributed by atoms with Gasteiger partial charge in [-0.25, -0.2) is 9.38 Å². The van der Waals surface area contributed by atoms with Crippen molar-refractivity contribution >= 4 is 45.9 Å². The number of allylic oxidation sites excluding steroid dienone is 1. The minimum absolute atomic E-state index is 0.0290. The van der Waals surface area contributed by atoms with Gasteiger partial charge in [0.05, 0.1) is 16.1 Å². The molecule has 1 saturated heterocycles. The third kappa shape index (κ3) is 3.92. The number of halogens is 1. The van der Waals surface area contributed by atoms with Crippen LogP contribution in [0.2, 0.25) is 0 Å². The maximum Gasteiger partial charge on any atom is 0.264 e. The van der Waals surface area contributed by atoms with Crippen LogP contribution in [-0.2, 0) is 4.79 Å². The van der Waals surface area contributed by atoms with E-state index in [1.54, 1.807) is 12.1 Å². The summed E-state index contributed by atoms with van der Waals surface area (Å²) < 4.78 is 13.1. The Morgan fingerprint density at radius 1 is 1.20 bits per heavy atom. The molecule has 0 aliphatic carbocycles. The van der Waals surface area contributed by atoms with Crippen molar-refractivity contribution in [3.8, 4) is 0 Å². The smallest absolute Gasteiger partial charge is 0.264 e. The Morgan fingerprint density at radius 2 is 1.93 bits per heavy atom. The second kappa shape index (κ2) is 7.76. The van der Waals surface area contributed by atoms with Gasteiger partial charge in [0.15, 0.2) is 5.17 Å². The lowest BCUT2D eigenvalue weighted by Crippen LogP contribution is -2.44. The second-order valence-corrected chi connectivity index (χ2v) is 8.99. The number of carbonyl (C=O) groups is 1. The first-order chi connectivity index (χ1) is 14.3. The molecule has 30 heavy (non-hydrogen) atoms. The standard InChI is InChI=1S/C24H24FN3OS/c1-5-28-20-11-6-16(12-19(20)15(2)14-24(28,3)4)13-21-22(29)27-23(30-21)26-18-9-7-17(25)8-10-18/h6-14H,5H2,1-4H3,(H,26,27,29)/b21-13+. The Labute approximate surface area is 180 Å². The SMILES string of the molecule is CCN1c2ccc(/C=C3/SC(=Nc4ccc(F)cc4)NC3=O)cc2C(C)=CC1(C)C. The van der Waals surface area contributed by atoms with Gasteiger partial charge in [-0.2, -0.15) is 0 Å². The number of benzene rings is 2. The monoisotopic (exact) mass is 421 g/mol. The van der Waals surface area contributed by atoms with Crippen LogP contribution in [-0.4, -0.2) is 23.2 Å². The highest BCUT2D eigenvalue weighted by atomic mass is 32.2. The highest BCUT2D eigenvalue weighted by Crippen LogP contribution is 2.39. The average molecular weight is 422 g/mol. The average Bonchev–Trinajstić information content (AvgIpc) is 3.02. The number of amidine groups is 1. The summed E-state index contributed by atoms with van der Waals surface area (Å²) in [4.78, 5) is 19.8. The van der Waals surface area contributed by atoms with Gasteiger partial charge in [0.2, 0.25) is 0 Å². The fourth-order valence-electron chi connectivity index (χ4n) is 4.03. The van der Waals surface area contributed by atoms with E-state index >= 15 is 0 Å². The van der Waals surface area contributed by atoms with E-state index in [0.717, 1.165) is 12.1 Å². The zero-order valence-electron chi connectivity index (χ0n) is 17.5. The summed E-state index contributed by atoms with van der Waals surface area (Å²) in [6.45, 7) is 9.67. The predicted molar refractivity (Wildman–Crippen MR) is 124 cm³/mol. The molecule has 2 aliphatic heterocycles. The van der Waals surface area contributed by atoms with Gasteiger partial charge in [0, 0.05) is 17.8 Å². The molecule has 1 N–H and O–H groups in total. The van der Waals surface area contributed by atoms with Crippen LogP contribution >= 0.6 is 11.8 Å². The van der Waals surface area contributed by atoms with Crippen LogP contribution in [0.25, 0.3) is 11.6 Å². The van der Waals surface area contributed by atoms with Gasteiger partial charge in [0.25, 0.3) is 5.91 Å². The van der Waals surface area contributed by atoms with Crippen LogP contribution in [0.3, 0.4) is 0 Å². The maximum absolute atomic E-state index is 13.1. The van der Waals surface area contributed by atoms with E-state index in [2.05, 4.69) is 61.1 Å². The van der Waals surface area contributed by atoms with Gasteiger partial charge in [-0.05, 0) is 93.1 Å². The molecule has 0 radical (unpaired) electrons. The number of nitrogens with one attached hydrogen (secondary N) is 1. The van der Waals surface area contributed by atoms with Crippen molar-refractivity contribution in [2.75, 3.05) is 11.4 Å². The first-order valence-electron chi connectivity index (χ1n) is 9.93. The number of thioether (sulfide) groups is 1. The van der Waals surface area contributed by atoms with Crippen LogP contribution in [0.15, 0.2) is 58.4 Å². The summed E-state index contributed by atoms with van der Waals surface area (Å²) >= 11 is 1.29. The molecule has 1 amide bonds. The van der Waals surface area contributed by atoms with Gasteiger partial charge in [-0.3, -0.25) is 4.79 Å². The number of fused-ring (bicyclic) bond motifs is 1. The fourth-order valence-corrected chi connectivity index (χ4v) is 4.88. The van der Waals surface area contributed by atoms with Crippen molar-refractivity contribution in [1.29, 1.82) is 0 Å². The molecular formula is C24H24FN3OS. The summed E-state index contributed by atoms with van der Waals surface area (Å²) in [7, 11) is 0. The lowest BCUT2D eigenvalue weighted by molar-refractivity contribution is -0.115. The Kier molecular flexibility index (Phi) is 5.28. The molecule has 6 heteroatoms. The van der Waals surface area contributed by atoms with E-state index in [4.69, 9.17) is 0 Å². The molecule has 2 aromatic carbocycles. The van der Waals surface area contributed by atoms with Crippen LogP contribution < -0.4 is 10.2 Å². The number of nitrogens with zero attached hydrogens (tertiary/aromatic N) is 2. The van der Waals surface area contributed by atoms with Crippen molar-refractivity contribution in [3.05, 3.63) is 70.4 Å². The quantitative estimate of drug-likeness (QED) is 0.643. The van der Waals surface area contributed by atoms with E-state index in [9.17, 15) is 9.18 Å². The maximum atomic E-state index is 13.1. The van der Waals surface area contributed by atoms with Crippen LogP contribution in [0.5, 0.6) is 0 Å². The molecule has 4 nitrogen and oxygen atoms in total.